The fourth-order valence-electron chi connectivity index (χ4n) is 8.85. The first-order valence-corrected chi connectivity index (χ1v) is 25.5. The van der Waals surface area contributed by atoms with Gasteiger partial charge in [-0.1, -0.05) is 123 Å². The normalized spacial score (nSPS) is 15.0. The van der Waals surface area contributed by atoms with Crippen LogP contribution >= 0.6 is 0 Å². The molecule has 272 valence electrons. The Morgan fingerprint density at radius 2 is 0.923 bits per heavy atom. The van der Waals surface area contributed by atoms with Gasteiger partial charge in [-0.2, -0.15) is 12.1 Å². The monoisotopic (exact) mass is 820 g/mol. The summed E-state index contributed by atoms with van der Waals surface area (Å²) in [5.74, 6) is 0. The van der Waals surface area contributed by atoms with Crippen molar-refractivity contribution in [3.8, 4) is 22.3 Å². The smallest absolute Gasteiger partial charge is 1.00 e. The molecule has 0 nitrogen and oxygen atoms in total. The maximum absolute atomic E-state index is 2.45. The fourth-order valence-corrected chi connectivity index (χ4v) is 8.85. The quantitative estimate of drug-likeness (QED) is 0.0965. The van der Waals surface area contributed by atoms with E-state index in [0.29, 0.717) is 10.8 Å². The molecule has 0 atom stereocenters. The summed E-state index contributed by atoms with van der Waals surface area (Å²) in [4.78, 5) is 0. The Morgan fingerprint density at radius 3 is 1.23 bits per heavy atom. The topological polar surface area (TPSA) is 0 Å². The van der Waals surface area contributed by atoms with Crippen molar-refractivity contribution in [2.45, 2.75) is 104 Å². The molecule has 0 aromatic heterocycles. The first-order chi connectivity index (χ1) is 24.3. The number of rotatable bonds is 10. The van der Waals surface area contributed by atoms with E-state index in [2.05, 4.69) is 148 Å². The molecule has 0 amide bonds. The fraction of sp³-hybridized carbons (Fsp3) is 0.375. The first kappa shape index (κ1) is 42.5. The Bertz CT molecular complexity index is 1840. The molecular weight excluding hydrogens is 767 g/mol. The van der Waals surface area contributed by atoms with E-state index in [0.717, 1.165) is 0 Å². The molecule has 0 heterocycles. The van der Waals surface area contributed by atoms with E-state index in [4.69, 9.17) is 0 Å². The van der Waals surface area contributed by atoms with E-state index in [1.165, 1.54) is 132 Å². The summed E-state index contributed by atoms with van der Waals surface area (Å²) in [6.45, 7) is 9.27. The molecule has 0 spiro atoms. The minimum absolute atomic E-state index is 0. The predicted octanol–water partition coefficient (Wildman–Crippen LogP) is 8.27. The summed E-state index contributed by atoms with van der Waals surface area (Å²) in [6, 6.07) is 44.7. The van der Waals surface area contributed by atoms with Crippen molar-refractivity contribution < 1.29 is 48.1 Å². The standard InChI is InChI=1S/2C23H25.C2H6Si.2ClH.Zr/c2*1-2-12-23(13-7-14-23)17-18-15-20-10-6-11-21(22(20)16-18)19-8-4-3-5-9-19;1-3-2;;;/h2*3-6,8-11,15-16H,2,7,12-14,17H2,1H3;1-2H3;2*1H;/q2*-1;;;;+2/p-2. The second kappa shape index (κ2) is 19.9. The van der Waals surface area contributed by atoms with Crippen LogP contribution < -0.4 is 24.8 Å². The molecule has 2 saturated carbocycles. The minimum Gasteiger partial charge on any atom is -1.00 e. The maximum Gasteiger partial charge on any atom is -1.00 e. The molecule has 0 unspecified atom stereocenters. The molecule has 2 aliphatic rings. The zero-order chi connectivity index (χ0) is 35.0. The van der Waals surface area contributed by atoms with Crippen LogP contribution in [0.25, 0.3) is 43.8 Å². The Morgan fingerprint density at radius 1 is 0.558 bits per heavy atom. The molecule has 4 heteroatoms. The van der Waals surface area contributed by atoms with Crippen molar-refractivity contribution >= 4 is 27.0 Å². The molecule has 6 aromatic rings. The van der Waals surface area contributed by atoms with Gasteiger partial charge in [0.05, 0.1) is 0 Å². The van der Waals surface area contributed by atoms with E-state index in [1.54, 1.807) is 23.3 Å². The molecule has 2 aliphatic carbocycles. The van der Waals surface area contributed by atoms with Gasteiger partial charge < -0.3 is 24.8 Å². The van der Waals surface area contributed by atoms with E-state index in [1.807, 2.05) is 0 Å². The minimum atomic E-state index is 0. The van der Waals surface area contributed by atoms with E-state index >= 15 is 0 Å². The van der Waals surface area contributed by atoms with Gasteiger partial charge in [-0.05, 0) is 73.3 Å². The number of fused-ring (bicyclic) bond motifs is 2. The third-order valence-corrected chi connectivity index (χ3v) is 11.3. The average molecular weight is 823 g/mol. The molecular formula is C48H56Cl2SiZr-2. The number of hydrogen-bond acceptors (Lipinski definition) is 0. The Hall–Kier alpha value is -2.22. The molecule has 2 fully saturated rings. The van der Waals surface area contributed by atoms with Gasteiger partial charge in [-0.15, -0.1) is 69.1 Å². The van der Waals surface area contributed by atoms with E-state index < -0.39 is 0 Å². The molecule has 0 aliphatic heterocycles. The van der Waals surface area contributed by atoms with Crippen molar-refractivity contribution in [1.82, 2.24) is 0 Å². The van der Waals surface area contributed by atoms with Crippen molar-refractivity contribution in [2.75, 3.05) is 0 Å². The second-order valence-electron chi connectivity index (χ2n) is 15.6. The summed E-state index contributed by atoms with van der Waals surface area (Å²) in [5, 5.41) is 5.62. The molecule has 6 aromatic carbocycles. The van der Waals surface area contributed by atoms with Gasteiger partial charge in [0.25, 0.3) is 0 Å². The molecule has 0 radical (unpaired) electrons. The average Bonchev–Trinajstić information content (AvgIpc) is 3.70. The first-order valence-electron chi connectivity index (χ1n) is 19.3. The van der Waals surface area contributed by atoms with Crippen LogP contribution in [-0.2, 0) is 36.2 Å². The van der Waals surface area contributed by atoms with Gasteiger partial charge in [-0.25, -0.2) is 0 Å². The third kappa shape index (κ3) is 10.5. The molecule has 52 heavy (non-hydrogen) atoms. The van der Waals surface area contributed by atoms with Crippen LogP contribution in [0.4, 0.5) is 0 Å². The van der Waals surface area contributed by atoms with Crippen molar-refractivity contribution in [3.63, 3.8) is 0 Å². The number of halogens is 2. The van der Waals surface area contributed by atoms with Gasteiger partial charge in [0.1, 0.15) is 0 Å². The van der Waals surface area contributed by atoms with Crippen molar-refractivity contribution in [2.24, 2.45) is 10.8 Å². The molecule has 8 rings (SSSR count). The van der Waals surface area contributed by atoms with E-state index in [-0.39, 0.29) is 30.2 Å². The van der Waals surface area contributed by atoms with Crippen molar-refractivity contribution in [3.05, 3.63) is 132 Å². The maximum atomic E-state index is 2.45. The summed E-state index contributed by atoms with van der Waals surface area (Å²) in [7, 11) is 0. The van der Waals surface area contributed by atoms with Crippen LogP contribution in [0, 0.1) is 10.8 Å². The Balaban J connectivity index is 0.000000204. The third-order valence-electron chi connectivity index (χ3n) is 11.3. The van der Waals surface area contributed by atoms with Crippen LogP contribution in [0.1, 0.15) is 89.2 Å². The van der Waals surface area contributed by atoms with Crippen molar-refractivity contribution in [1.29, 1.82) is 0 Å². The summed E-state index contributed by atoms with van der Waals surface area (Å²) >= 11 is 1.74. The van der Waals surface area contributed by atoms with Gasteiger partial charge in [0.15, 0.2) is 0 Å². The predicted molar refractivity (Wildman–Crippen MR) is 217 cm³/mol. The summed E-state index contributed by atoms with van der Waals surface area (Å²) < 4.78 is 0. The van der Waals surface area contributed by atoms with Gasteiger partial charge >= 0.3 is 41.9 Å². The summed E-state index contributed by atoms with van der Waals surface area (Å²) in [6.07, 6.45) is 16.5. The molecule has 0 N–H and O–H groups in total. The Labute approximate surface area is 342 Å². The second-order valence-corrected chi connectivity index (χ2v) is 25.0. The largest absolute Gasteiger partial charge is 1.00 e. The van der Waals surface area contributed by atoms with Crippen LogP contribution in [-0.4, -0.2) is 5.43 Å². The molecule has 0 bridgehead atoms. The van der Waals surface area contributed by atoms with Gasteiger partial charge in [0.2, 0.25) is 0 Å². The van der Waals surface area contributed by atoms with Gasteiger partial charge in [-0.3, -0.25) is 0 Å². The SMILES string of the molecule is CCCC1(Cc2cc3c(-c4ccccc4)cccc3[cH-]2)CCC1.CCCC1(Cc2cc3c(-c4ccccc4)cccc3[cH-]2)CCC1.C[Si](C)=[Zr+2].[Cl-].[Cl-]. The number of hydrogen-bond donors (Lipinski definition) is 0. The van der Waals surface area contributed by atoms with E-state index in [9.17, 15) is 0 Å². The van der Waals surface area contributed by atoms with Crippen LogP contribution in [0.5, 0.6) is 0 Å². The number of benzene rings is 4. The van der Waals surface area contributed by atoms with Crippen LogP contribution in [0.2, 0.25) is 13.1 Å². The van der Waals surface area contributed by atoms with Crippen LogP contribution in [0.15, 0.2) is 121 Å². The zero-order valence-electron chi connectivity index (χ0n) is 31.8. The zero-order valence-corrected chi connectivity index (χ0v) is 36.8. The van der Waals surface area contributed by atoms with Crippen LogP contribution in [0.3, 0.4) is 0 Å². The van der Waals surface area contributed by atoms with Gasteiger partial charge in [0, 0.05) is 0 Å². The Kier molecular flexibility index (Phi) is 16.3. The molecule has 0 saturated heterocycles. The summed E-state index contributed by atoms with van der Waals surface area (Å²) in [5.41, 5.74) is 9.87.